The van der Waals surface area contributed by atoms with E-state index in [-0.39, 0.29) is 5.78 Å². The highest BCUT2D eigenvalue weighted by molar-refractivity contribution is 6.25. The summed E-state index contributed by atoms with van der Waals surface area (Å²) in [6.07, 6.45) is 11.9. The summed E-state index contributed by atoms with van der Waals surface area (Å²) in [6, 6.07) is 0. The maximum absolute atomic E-state index is 11.4. The van der Waals surface area contributed by atoms with E-state index in [2.05, 4.69) is 29.1 Å². The van der Waals surface area contributed by atoms with Crippen LogP contribution in [0.25, 0.3) is 5.53 Å². The Morgan fingerprint density at radius 3 is 2.94 bits per heavy atom. The van der Waals surface area contributed by atoms with Gasteiger partial charge in [0.15, 0.2) is 0 Å². The number of hydrogen-bond acceptors (Lipinski definition) is 1. The topological polar surface area (TPSA) is 53.5 Å². The first-order valence-corrected chi connectivity index (χ1v) is 5.86. The fourth-order valence-electron chi connectivity index (χ4n) is 3.73. The van der Waals surface area contributed by atoms with E-state index < -0.39 is 0 Å². The number of fused-ring (bicyclic) bond motifs is 5. The first-order chi connectivity index (χ1) is 7.79. The van der Waals surface area contributed by atoms with Crippen LogP contribution in [-0.4, -0.2) is 16.8 Å². The molecule has 0 aromatic rings. The molecule has 0 aromatic heterocycles. The minimum absolute atomic E-state index is 0.0791. The molecule has 3 rings (SSSR count). The molecule has 1 saturated carbocycles. The zero-order valence-electron chi connectivity index (χ0n) is 8.99. The van der Waals surface area contributed by atoms with Crippen molar-refractivity contribution in [3.05, 3.63) is 29.8 Å². The summed E-state index contributed by atoms with van der Waals surface area (Å²) in [4.78, 5) is 14.2. The second-order valence-corrected chi connectivity index (χ2v) is 5.07. The molecule has 2 bridgehead atoms. The maximum Gasteiger partial charge on any atom is 0.323 e. The fraction of sp³-hybridized carbons (Fsp3) is 0.538. The molecule has 0 spiro atoms. The number of carbonyl (C=O) groups excluding carboxylic acids is 1. The van der Waals surface area contributed by atoms with Crippen molar-refractivity contribution in [1.82, 2.24) is 0 Å². The van der Waals surface area contributed by atoms with Crippen molar-refractivity contribution in [3.8, 4) is 0 Å². The van der Waals surface area contributed by atoms with E-state index >= 15 is 0 Å². The third-order valence-electron chi connectivity index (χ3n) is 4.30. The molecule has 3 heteroatoms. The molecule has 3 aliphatic rings. The number of ketones is 1. The van der Waals surface area contributed by atoms with Gasteiger partial charge in [-0.15, -0.1) is 0 Å². The Balaban J connectivity index is 1.75. The molecule has 0 N–H and O–H groups in total. The summed E-state index contributed by atoms with van der Waals surface area (Å²) in [5.41, 5.74) is 8.32. The van der Waals surface area contributed by atoms with Crippen LogP contribution in [-0.2, 0) is 4.79 Å². The van der Waals surface area contributed by atoms with E-state index in [1.807, 2.05) is 0 Å². The first-order valence-electron chi connectivity index (χ1n) is 5.86. The quantitative estimate of drug-likeness (QED) is 0.306. The van der Waals surface area contributed by atoms with Crippen molar-refractivity contribution in [1.29, 1.82) is 0 Å². The highest BCUT2D eigenvalue weighted by atomic mass is 16.1. The van der Waals surface area contributed by atoms with Crippen molar-refractivity contribution >= 4 is 12.0 Å². The zero-order valence-corrected chi connectivity index (χ0v) is 8.99. The lowest BCUT2D eigenvalue weighted by molar-refractivity contribution is -0.117. The lowest BCUT2D eigenvalue weighted by Gasteiger charge is -2.25. The standard InChI is InChI=1S/C13H14N2O/c14-15-7-11(16)6-10-3-4-12-8-1-2-9(5-8)13(10)12/h1-4,7-10,12-13H,5-6H2/t8-,9+,10-,12-,13-/m1/s1. The Hall–Kier alpha value is -1.47. The van der Waals surface area contributed by atoms with Crippen LogP contribution in [0.2, 0.25) is 0 Å². The smallest absolute Gasteiger partial charge is 0.323 e. The molecule has 0 heterocycles. The van der Waals surface area contributed by atoms with Crippen LogP contribution in [0, 0.1) is 29.6 Å². The molecule has 16 heavy (non-hydrogen) atoms. The Bertz CT molecular complexity index is 431. The molecular formula is C13H14N2O. The van der Waals surface area contributed by atoms with Crippen LogP contribution in [0.15, 0.2) is 24.3 Å². The first kappa shape index (κ1) is 9.73. The molecule has 0 aliphatic heterocycles. The summed E-state index contributed by atoms with van der Waals surface area (Å²) in [5.74, 6) is 2.90. The normalized spacial score (nSPS) is 42.1. The Morgan fingerprint density at radius 1 is 1.31 bits per heavy atom. The Labute approximate surface area is 94.5 Å². The molecular weight excluding hydrogens is 200 g/mol. The van der Waals surface area contributed by atoms with Crippen LogP contribution in [0.1, 0.15) is 12.8 Å². The van der Waals surface area contributed by atoms with E-state index in [9.17, 15) is 4.79 Å². The average Bonchev–Trinajstić information content (AvgIpc) is 2.90. The van der Waals surface area contributed by atoms with Gasteiger partial charge in [0.1, 0.15) is 0 Å². The number of hydrogen-bond donors (Lipinski definition) is 0. The van der Waals surface area contributed by atoms with Crippen LogP contribution in [0.4, 0.5) is 0 Å². The van der Waals surface area contributed by atoms with E-state index in [0.717, 1.165) is 6.21 Å². The lowest BCUT2D eigenvalue weighted by Crippen LogP contribution is -2.22. The molecule has 3 aliphatic carbocycles. The minimum atomic E-state index is -0.0791. The van der Waals surface area contributed by atoms with Gasteiger partial charge in [-0.3, -0.25) is 4.79 Å². The summed E-state index contributed by atoms with van der Waals surface area (Å²) < 4.78 is 0. The highest BCUT2D eigenvalue weighted by Gasteiger charge is 2.48. The van der Waals surface area contributed by atoms with Gasteiger partial charge in [0.25, 0.3) is 0 Å². The number of allylic oxidation sites excluding steroid dienone is 4. The second-order valence-electron chi connectivity index (χ2n) is 5.07. The molecule has 0 aromatic carbocycles. The van der Waals surface area contributed by atoms with Crippen LogP contribution >= 0.6 is 0 Å². The van der Waals surface area contributed by atoms with E-state index in [0.29, 0.717) is 36.0 Å². The van der Waals surface area contributed by atoms with Gasteiger partial charge in [-0.25, -0.2) is 0 Å². The Morgan fingerprint density at radius 2 is 2.12 bits per heavy atom. The molecule has 1 fully saturated rings. The minimum Gasteiger partial charge on any atom is -0.361 e. The second kappa shape index (κ2) is 3.53. The molecule has 0 amide bonds. The summed E-state index contributed by atoms with van der Waals surface area (Å²) in [6.45, 7) is 0. The zero-order chi connectivity index (χ0) is 11.1. The van der Waals surface area contributed by atoms with Gasteiger partial charge in [-0.2, -0.15) is 4.79 Å². The van der Waals surface area contributed by atoms with Gasteiger partial charge in [0, 0.05) is 6.42 Å². The largest absolute Gasteiger partial charge is 0.361 e. The van der Waals surface area contributed by atoms with Crippen molar-refractivity contribution in [2.24, 2.45) is 29.6 Å². The summed E-state index contributed by atoms with van der Waals surface area (Å²) >= 11 is 0. The van der Waals surface area contributed by atoms with Crippen molar-refractivity contribution in [2.45, 2.75) is 12.8 Å². The molecule has 3 nitrogen and oxygen atoms in total. The molecule has 82 valence electrons. The van der Waals surface area contributed by atoms with Gasteiger partial charge >= 0.3 is 6.21 Å². The summed E-state index contributed by atoms with van der Waals surface area (Å²) in [5, 5.41) is 0. The van der Waals surface area contributed by atoms with Crippen molar-refractivity contribution < 1.29 is 9.58 Å². The van der Waals surface area contributed by atoms with Gasteiger partial charge < -0.3 is 5.53 Å². The molecule has 0 saturated heterocycles. The molecule has 0 radical (unpaired) electrons. The van der Waals surface area contributed by atoms with E-state index in [1.165, 1.54) is 6.42 Å². The predicted molar refractivity (Wildman–Crippen MR) is 59.7 cm³/mol. The Kier molecular flexibility index (Phi) is 2.15. The molecule has 5 atom stereocenters. The van der Waals surface area contributed by atoms with Gasteiger partial charge in [-0.05, 0) is 36.0 Å². The number of Topliss-reactive ketones (excluding diaryl/α,β-unsaturated/α-hetero) is 1. The van der Waals surface area contributed by atoms with E-state index in [4.69, 9.17) is 5.53 Å². The van der Waals surface area contributed by atoms with E-state index in [1.54, 1.807) is 0 Å². The average molecular weight is 214 g/mol. The summed E-state index contributed by atoms with van der Waals surface area (Å²) in [7, 11) is 0. The number of rotatable bonds is 3. The van der Waals surface area contributed by atoms with Crippen LogP contribution in [0.5, 0.6) is 0 Å². The van der Waals surface area contributed by atoms with Crippen LogP contribution < -0.4 is 0 Å². The van der Waals surface area contributed by atoms with Crippen molar-refractivity contribution in [3.63, 3.8) is 0 Å². The van der Waals surface area contributed by atoms with Gasteiger partial charge in [-0.1, -0.05) is 24.3 Å². The SMILES string of the molecule is [N-]=[N+]=CC(=O)C[C@H]1C=C[C@H]2[C@@H]1[C@H]1C=C[C@@H]2C1. The third-order valence-corrected chi connectivity index (χ3v) is 4.30. The predicted octanol–water partition coefficient (Wildman–Crippen LogP) is 1.87. The van der Waals surface area contributed by atoms with Gasteiger partial charge in [0.2, 0.25) is 5.78 Å². The maximum atomic E-state index is 11.4. The fourth-order valence-corrected chi connectivity index (χ4v) is 3.73. The van der Waals surface area contributed by atoms with Crippen LogP contribution in [0.3, 0.4) is 0 Å². The number of carbonyl (C=O) groups is 1. The lowest BCUT2D eigenvalue weighted by atomic mass is 9.78. The monoisotopic (exact) mass is 214 g/mol. The third kappa shape index (κ3) is 1.32. The molecule has 0 unspecified atom stereocenters. The highest BCUT2D eigenvalue weighted by Crippen LogP contribution is 2.55. The van der Waals surface area contributed by atoms with Crippen molar-refractivity contribution in [2.75, 3.05) is 0 Å². The number of nitrogens with zero attached hydrogens (tertiary/aromatic N) is 2. The van der Waals surface area contributed by atoms with Gasteiger partial charge in [0.05, 0.1) is 0 Å².